The molecule has 10 nitrogen and oxygen atoms in total. The van der Waals surface area contributed by atoms with Crippen LogP contribution in [0.25, 0.3) is 0 Å². The Kier molecular flexibility index (Phi) is 3.98. The third kappa shape index (κ3) is 3.66. The third-order valence-electron chi connectivity index (χ3n) is 1.99. The predicted octanol–water partition coefficient (Wildman–Crippen LogP) is -1.37. The Labute approximate surface area is 109 Å². The van der Waals surface area contributed by atoms with E-state index in [1.54, 1.807) is 6.07 Å². The van der Waals surface area contributed by atoms with E-state index in [0.717, 1.165) is 0 Å². The fourth-order valence-corrected chi connectivity index (χ4v) is 1.03. The molecule has 102 valence electrons. The van der Waals surface area contributed by atoms with E-state index in [9.17, 15) is 0 Å². The highest BCUT2D eigenvalue weighted by Crippen LogP contribution is 2.17. The average Bonchev–Trinajstić information content (AvgIpc) is 2.32. The Morgan fingerprint density at radius 3 is 1.68 bits per heavy atom. The van der Waals surface area contributed by atoms with Gasteiger partial charge in [0.15, 0.2) is 11.6 Å². The Morgan fingerprint density at radius 2 is 1.26 bits per heavy atom. The molecule has 0 spiro atoms. The van der Waals surface area contributed by atoms with Crippen molar-refractivity contribution in [3.05, 3.63) is 12.3 Å². The SMILES string of the molecule is Nc1cnc(N)c(N)c1.Nc1nc(N)c(N)c(N)n1. The molecule has 0 saturated carbocycles. The van der Waals surface area contributed by atoms with Gasteiger partial charge in [0, 0.05) is 0 Å². The standard InChI is InChI=1S/C5H8N4.C4H8N6/c6-3-1-4(7)5(8)9-2-3;5-1-2(6)9-4(8)10-3(1)7/h1-2H,6-7H2,(H2,8,9);5H2,(H6,6,7,8,9,10). The molecule has 2 rings (SSSR count). The summed E-state index contributed by atoms with van der Waals surface area (Å²) >= 11 is 0. The molecule has 0 saturated heterocycles. The molecule has 0 aliphatic heterocycles. The zero-order chi connectivity index (χ0) is 14.6. The molecule has 2 aromatic heterocycles. The first-order chi connectivity index (χ1) is 8.81. The van der Waals surface area contributed by atoms with Crippen LogP contribution in [0.3, 0.4) is 0 Å². The van der Waals surface area contributed by atoms with Crippen LogP contribution in [0.1, 0.15) is 0 Å². The molecule has 0 amide bonds. The monoisotopic (exact) mass is 264 g/mol. The third-order valence-corrected chi connectivity index (χ3v) is 1.99. The van der Waals surface area contributed by atoms with Crippen LogP contribution in [0, 0.1) is 0 Å². The van der Waals surface area contributed by atoms with E-state index in [0.29, 0.717) is 17.2 Å². The van der Waals surface area contributed by atoms with E-state index in [1.807, 2.05) is 0 Å². The maximum absolute atomic E-state index is 5.35. The summed E-state index contributed by atoms with van der Waals surface area (Å²) in [6, 6.07) is 1.57. The number of anilines is 7. The second kappa shape index (κ2) is 5.44. The van der Waals surface area contributed by atoms with Crippen molar-refractivity contribution in [3.63, 3.8) is 0 Å². The summed E-state index contributed by atoms with van der Waals surface area (Å²) in [4.78, 5) is 10.9. The highest BCUT2D eigenvalue weighted by molar-refractivity contribution is 5.72. The maximum Gasteiger partial charge on any atom is 0.224 e. The number of hydrogen-bond acceptors (Lipinski definition) is 10. The number of rotatable bonds is 0. The number of aromatic nitrogens is 3. The van der Waals surface area contributed by atoms with E-state index in [4.69, 9.17) is 40.1 Å². The molecule has 19 heavy (non-hydrogen) atoms. The molecular formula is C9H16N10. The summed E-state index contributed by atoms with van der Waals surface area (Å²) in [6.45, 7) is 0. The first-order valence-corrected chi connectivity index (χ1v) is 5.01. The van der Waals surface area contributed by atoms with E-state index in [-0.39, 0.29) is 23.3 Å². The Morgan fingerprint density at radius 1 is 0.737 bits per heavy atom. The van der Waals surface area contributed by atoms with Gasteiger partial charge in [-0.2, -0.15) is 9.97 Å². The van der Waals surface area contributed by atoms with E-state index in [1.165, 1.54) is 6.20 Å². The fraction of sp³-hybridized carbons (Fsp3) is 0. The minimum Gasteiger partial charge on any atom is -0.397 e. The van der Waals surface area contributed by atoms with Crippen LogP contribution in [-0.2, 0) is 0 Å². The van der Waals surface area contributed by atoms with Gasteiger partial charge in [0.1, 0.15) is 11.5 Å². The van der Waals surface area contributed by atoms with Crippen LogP contribution < -0.4 is 40.1 Å². The van der Waals surface area contributed by atoms with Crippen LogP contribution in [0.15, 0.2) is 12.3 Å². The van der Waals surface area contributed by atoms with Crippen LogP contribution in [0.2, 0.25) is 0 Å². The molecule has 0 fully saturated rings. The first kappa shape index (κ1) is 13.9. The van der Waals surface area contributed by atoms with Crippen LogP contribution >= 0.6 is 0 Å². The Bertz CT molecular complexity index is 558. The average molecular weight is 264 g/mol. The largest absolute Gasteiger partial charge is 0.397 e. The number of hydrogen-bond donors (Lipinski definition) is 7. The quantitative estimate of drug-likeness (QED) is 0.295. The lowest BCUT2D eigenvalue weighted by Crippen LogP contribution is -2.07. The lowest BCUT2D eigenvalue weighted by atomic mass is 10.4. The number of pyridine rings is 1. The van der Waals surface area contributed by atoms with Crippen molar-refractivity contribution >= 4 is 40.5 Å². The normalized spacial score (nSPS) is 9.47. The summed E-state index contributed by atoms with van der Waals surface area (Å²) < 4.78 is 0. The first-order valence-electron chi connectivity index (χ1n) is 5.01. The van der Waals surface area contributed by atoms with Gasteiger partial charge in [-0.1, -0.05) is 0 Å². The van der Waals surface area contributed by atoms with Gasteiger partial charge in [-0.15, -0.1) is 0 Å². The molecule has 0 aliphatic rings. The van der Waals surface area contributed by atoms with Crippen molar-refractivity contribution in [2.75, 3.05) is 40.1 Å². The van der Waals surface area contributed by atoms with Gasteiger partial charge in [-0.3, -0.25) is 0 Å². The molecule has 0 unspecified atom stereocenters. The highest BCUT2D eigenvalue weighted by Gasteiger charge is 2.02. The molecule has 0 aromatic carbocycles. The predicted molar refractivity (Wildman–Crippen MR) is 77.2 cm³/mol. The molecule has 0 atom stereocenters. The van der Waals surface area contributed by atoms with E-state index < -0.39 is 0 Å². The molecule has 0 aliphatic carbocycles. The van der Waals surface area contributed by atoms with Crippen molar-refractivity contribution in [1.82, 2.24) is 15.0 Å². The summed E-state index contributed by atoms with van der Waals surface area (Å²) in [6.07, 6.45) is 1.46. The minimum atomic E-state index is 0.0317. The van der Waals surface area contributed by atoms with Gasteiger partial charge >= 0.3 is 0 Å². The van der Waals surface area contributed by atoms with Crippen LogP contribution in [-0.4, -0.2) is 15.0 Å². The smallest absolute Gasteiger partial charge is 0.224 e. The molecular weight excluding hydrogens is 248 g/mol. The molecule has 2 aromatic rings. The summed E-state index contributed by atoms with van der Waals surface area (Å²) in [7, 11) is 0. The number of nitrogen functional groups attached to an aromatic ring is 7. The van der Waals surface area contributed by atoms with Crippen molar-refractivity contribution in [3.8, 4) is 0 Å². The van der Waals surface area contributed by atoms with Crippen molar-refractivity contribution in [1.29, 1.82) is 0 Å². The van der Waals surface area contributed by atoms with Crippen molar-refractivity contribution in [2.45, 2.75) is 0 Å². The van der Waals surface area contributed by atoms with Crippen molar-refractivity contribution < 1.29 is 0 Å². The zero-order valence-electron chi connectivity index (χ0n) is 10.0. The second-order valence-corrected chi connectivity index (χ2v) is 3.51. The summed E-state index contributed by atoms with van der Waals surface area (Å²) in [5.41, 5.74) is 38.2. The molecule has 10 heteroatoms. The summed E-state index contributed by atoms with van der Waals surface area (Å²) in [5.74, 6) is 0.586. The molecule has 2 heterocycles. The van der Waals surface area contributed by atoms with Crippen LogP contribution in [0.5, 0.6) is 0 Å². The molecule has 0 radical (unpaired) electrons. The number of nitrogens with zero attached hydrogens (tertiary/aromatic N) is 3. The number of nitrogens with two attached hydrogens (primary N) is 7. The fourth-order valence-electron chi connectivity index (χ4n) is 1.03. The Hall–Kier alpha value is -3.17. The molecule has 14 N–H and O–H groups in total. The van der Waals surface area contributed by atoms with Gasteiger partial charge in [0.25, 0.3) is 0 Å². The molecule has 0 bridgehead atoms. The second-order valence-electron chi connectivity index (χ2n) is 3.51. The van der Waals surface area contributed by atoms with Crippen LogP contribution in [0.4, 0.5) is 40.5 Å². The van der Waals surface area contributed by atoms with Gasteiger partial charge in [-0.05, 0) is 6.07 Å². The van der Waals surface area contributed by atoms with Gasteiger partial charge in [-0.25, -0.2) is 4.98 Å². The van der Waals surface area contributed by atoms with E-state index in [2.05, 4.69) is 15.0 Å². The highest BCUT2D eigenvalue weighted by atomic mass is 15.1. The topological polar surface area (TPSA) is 221 Å². The lowest BCUT2D eigenvalue weighted by molar-refractivity contribution is 1.21. The van der Waals surface area contributed by atoms with Gasteiger partial charge in [0.05, 0.1) is 17.6 Å². The van der Waals surface area contributed by atoms with E-state index >= 15 is 0 Å². The Balaban J connectivity index is 0.000000191. The summed E-state index contributed by atoms with van der Waals surface area (Å²) in [5, 5.41) is 0. The minimum absolute atomic E-state index is 0.0317. The van der Waals surface area contributed by atoms with Gasteiger partial charge < -0.3 is 40.1 Å². The zero-order valence-corrected chi connectivity index (χ0v) is 10.0. The van der Waals surface area contributed by atoms with Gasteiger partial charge in [0.2, 0.25) is 5.95 Å². The van der Waals surface area contributed by atoms with Crippen molar-refractivity contribution in [2.24, 2.45) is 0 Å². The lowest BCUT2D eigenvalue weighted by Gasteiger charge is -2.01. The maximum atomic E-state index is 5.35.